The van der Waals surface area contributed by atoms with E-state index in [-0.39, 0.29) is 11.9 Å². The van der Waals surface area contributed by atoms with Crippen LogP contribution in [-0.4, -0.2) is 12.6 Å². The second-order valence-electron chi connectivity index (χ2n) is 5.06. The summed E-state index contributed by atoms with van der Waals surface area (Å²) in [6.07, 6.45) is 0.709. The van der Waals surface area contributed by atoms with Crippen molar-refractivity contribution >= 4 is 5.97 Å². The number of esters is 1. The molecular formula is C19H22O3. The van der Waals surface area contributed by atoms with Gasteiger partial charge in [0.2, 0.25) is 0 Å². The molecule has 0 aliphatic carbocycles. The molecule has 0 aromatic heterocycles. The molecule has 0 fully saturated rings. The number of benzene rings is 2. The SMILES string of the molecule is CCOC(=O)C(CC)c1cccc(OCc2ccccc2)c1. The lowest BCUT2D eigenvalue weighted by Crippen LogP contribution is -2.15. The fourth-order valence-electron chi connectivity index (χ4n) is 2.34. The van der Waals surface area contributed by atoms with Crippen LogP contribution >= 0.6 is 0 Å². The average molecular weight is 298 g/mol. The molecule has 2 rings (SSSR count). The van der Waals surface area contributed by atoms with Gasteiger partial charge in [-0.15, -0.1) is 0 Å². The molecule has 0 aliphatic rings. The summed E-state index contributed by atoms with van der Waals surface area (Å²) in [7, 11) is 0. The zero-order valence-electron chi connectivity index (χ0n) is 13.1. The van der Waals surface area contributed by atoms with Gasteiger partial charge in [0, 0.05) is 0 Å². The number of carbonyl (C=O) groups excluding carboxylic acids is 1. The van der Waals surface area contributed by atoms with Gasteiger partial charge in [0.25, 0.3) is 0 Å². The van der Waals surface area contributed by atoms with Crippen LogP contribution in [0.5, 0.6) is 5.75 Å². The normalized spacial score (nSPS) is 11.7. The van der Waals surface area contributed by atoms with Crippen LogP contribution in [0.3, 0.4) is 0 Å². The van der Waals surface area contributed by atoms with Gasteiger partial charge in [0.05, 0.1) is 12.5 Å². The molecular weight excluding hydrogens is 276 g/mol. The van der Waals surface area contributed by atoms with Gasteiger partial charge in [0.1, 0.15) is 12.4 Å². The topological polar surface area (TPSA) is 35.5 Å². The van der Waals surface area contributed by atoms with Crippen LogP contribution < -0.4 is 4.74 Å². The number of carbonyl (C=O) groups is 1. The first-order valence-electron chi connectivity index (χ1n) is 7.68. The maximum Gasteiger partial charge on any atom is 0.313 e. The predicted molar refractivity (Wildman–Crippen MR) is 86.9 cm³/mol. The van der Waals surface area contributed by atoms with Crippen molar-refractivity contribution < 1.29 is 14.3 Å². The number of rotatable bonds is 7. The Morgan fingerprint density at radius 1 is 1.05 bits per heavy atom. The highest BCUT2D eigenvalue weighted by Crippen LogP contribution is 2.25. The highest BCUT2D eigenvalue weighted by Gasteiger charge is 2.20. The summed E-state index contributed by atoms with van der Waals surface area (Å²) in [4.78, 5) is 12.0. The molecule has 0 bridgehead atoms. The molecule has 2 aromatic carbocycles. The van der Waals surface area contributed by atoms with Crippen molar-refractivity contribution in [1.29, 1.82) is 0 Å². The third-order valence-corrected chi connectivity index (χ3v) is 3.49. The van der Waals surface area contributed by atoms with Crippen molar-refractivity contribution in [3.8, 4) is 5.75 Å². The second kappa shape index (κ2) is 8.23. The van der Waals surface area contributed by atoms with Gasteiger partial charge in [-0.05, 0) is 36.6 Å². The van der Waals surface area contributed by atoms with E-state index in [2.05, 4.69) is 0 Å². The van der Waals surface area contributed by atoms with E-state index in [4.69, 9.17) is 9.47 Å². The Morgan fingerprint density at radius 3 is 2.50 bits per heavy atom. The minimum atomic E-state index is -0.236. The molecule has 0 saturated heterocycles. The van der Waals surface area contributed by atoms with Gasteiger partial charge in [-0.25, -0.2) is 0 Å². The number of hydrogen-bond donors (Lipinski definition) is 0. The van der Waals surface area contributed by atoms with Gasteiger partial charge in [0.15, 0.2) is 0 Å². The quantitative estimate of drug-likeness (QED) is 0.714. The van der Waals surface area contributed by atoms with Crippen LogP contribution in [0.4, 0.5) is 0 Å². The Morgan fingerprint density at radius 2 is 1.82 bits per heavy atom. The van der Waals surface area contributed by atoms with Gasteiger partial charge >= 0.3 is 5.97 Å². The molecule has 0 heterocycles. The lowest BCUT2D eigenvalue weighted by molar-refractivity contribution is -0.145. The fraction of sp³-hybridized carbons (Fsp3) is 0.316. The highest BCUT2D eigenvalue weighted by molar-refractivity contribution is 5.78. The van der Waals surface area contributed by atoms with Gasteiger partial charge in [-0.1, -0.05) is 49.4 Å². The molecule has 0 aliphatic heterocycles. The molecule has 0 N–H and O–H groups in total. The summed E-state index contributed by atoms with van der Waals surface area (Å²) in [5.41, 5.74) is 2.05. The molecule has 2 aromatic rings. The zero-order chi connectivity index (χ0) is 15.8. The van der Waals surface area contributed by atoms with E-state index in [9.17, 15) is 4.79 Å². The molecule has 1 unspecified atom stereocenters. The summed E-state index contributed by atoms with van der Waals surface area (Å²) in [6.45, 7) is 4.73. The van der Waals surface area contributed by atoms with Crippen molar-refractivity contribution in [1.82, 2.24) is 0 Å². The Bertz CT molecular complexity index is 593. The highest BCUT2D eigenvalue weighted by atomic mass is 16.5. The third kappa shape index (κ3) is 4.35. The maximum absolute atomic E-state index is 12.0. The van der Waals surface area contributed by atoms with Crippen molar-refractivity contribution in [2.45, 2.75) is 32.8 Å². The molecule has 0 saturated carbocycles. The predicted octanol–water partition coefficient (Wildman–Crippen LogP) is 4.32. The summed E-state index contributed by atoms with van der Waals surface area (Å²) < 4.78 is 11.0. The molecule has 0 amide bonds. The van der Waals surface area contributed by atoms with E-state index in [1.165, 1.54) is 0 Å². The minimum Gasteiger partial charge on any atom is -0.489 e. The monoisotopic (exact) mass is 298 g/mol. The third-order valence-electron chi connectivity index (χ3n) is 3.49. The Hall–Kier alpha value is -2.29. The van der Waals surface area contributed by atoms with Crippen LogP contribution in [0.25, 0.3) is 0 Å². The molecule has 22 heavy (non-hydrogen) atoms. The van der Waals surface area contributed by atoms with Crippen molar-refractivity contribution in [2.24, 2.45) is 0 Å². The lowest BCUT2D eigenvalue weighted by Gasteiger charge is -2.15. The van der Waals surface area contributed by atoms with Crippen LogP contribution in [0.2, 0.25) is 0 Å². The molecule has 3 heteroatoms. The lowest BCUT2D eigenvalue weighted by atomic mass is 9.96. The summed E-state index contributed by atoms with van der Waals surface area (Å²) in [5, 5.41) is 0. The first-order valence-corrected chi connectivity index (χ1v) is 7.68. The summed E-state index contributed by atoms with van der Waals surface area (Å²) >= 11 is 0. The van der Waals surface area contributed by atoms with Crippen molar-refractivity contribution in [3.05, 3.63) is 65.7 Å². The Balaban J connectivity index is 2.07. The van der Waals surface area contributed by atoms with Crippen LogP contribution in [0, 0.1) is 0 Å². The fourth-order valence-corrected chi connectivity index (χ4v) is 2.34. The average Bonchev–Trinajstić information content (AvgIpc) is 2.55. The molecule has 0 radical (unpaired) electrons. The van der Waals surface area contributed by atoms with Crippen molar-refractivity contribution in [3.63, 3.8) is 0 Å². The first-order chi connectivity index (χ1) is 10.7. The van der Waals surface area contributed by atoms with E-state index in [1.54, 1.807) is 0 Å². The van der Waals surface area contributed by atoms with Gasteiger partial charge < -0.3 is 9.47 Å². The largest absolute Gasteiger partial charge is 0.489 e. The molecule has 3 nitrogen and oxygen atoms in total. The maximum atomic E-state index is 12.0. The van der Waals surface area contributed by atoms with E-state index in [0.29, 0.717) is 19.6 Å². The Kier molecular flexibility index (Phi) is 6.01. The summed E-state index contributed by atoms with van der Waals surface area (Å²) in [5.74, 6) is 0.356. The summed E-state index contributed by atoms with van der Waals surface area (Å²) in [6, 6.07) is 17.7. The smallest absolute Gasteiger partial charge is 0.313 e. The number of hydrogen-bond acceptors (Lipinski definition) is 3. The molecule has 116 valence electrons. The van der Waals surface area contributed by atoms with Crippen LogP contribution in [-0.2, 0) is 16.1 Å². The van der Waals surface area contributed by atoms with Crippen molar-refractivity contribution in [2.75, 3.05) is 6.61 Å². The van der Waals surface area contributed by atoms with Crippen LogP contribution in [0.1, 0.15) is 37.3 Å². The minimum absolute atomic E-state index is 0.176. The zero-order valence-corrected chi connectivity index (χ0v) is 13.1. The first kappa shape index (κ1) is 16.1. The molecule has 1 atom stereocenters. The van der Waals surface area contributed by atoms with Gasteiger partial charge in [-0.3, -0.25) is 4.79 Å². The van der Waals surface area contributed by atoms with E-state index >= 15 is 0 Å². The van der Waals surface area contributed by atoms with Crippen LogP contribution in [0.15, 0.2) is 54.6 Å². The van der Waals surface area contributed by atoms with E-state index in [0.717, 1.165) is 16.9 Å². The number of ether oxygens (including phenoxy) is 2. The van der Waals surface area contributed by atoms with Gasteiger partial charge in [-0.2, -0.15) is 0 Å². The molecule has 0 spiro atoms. The standard InChI is InChI=1S/C19H22O3/c1-3-18(19(20)21-4-2)16-11-8-12-17(13-16)22-14-15-9-6-5-7-10-15/h5-13,18H,3-4,14H2,1-2H3. The van der Waals surface area contributed by atoms with E-state index in [1.807, 2.05) is 68.4 Å². The van der Waals surface area contributed by atoms with E-state index < -0.39 is 0 Å². The second-order valence-corrected chi connectivity index (χ2v) is 5.06. The Labute approximate surface area is 131 Å².